The molecule has 0 atom stereocenters. The molecule has 2 amide bonds. The molecule has 0 fully saturated rings. The summed E-state index contributed by atoms with van der Waals surface area (Å²) in [5.41, 5.74) is 2.66. The number of methoxy groups -OCH3 is 1. The summed E-state index contributed by atoms with van der Waals surface area (Å²) in [6, 6.07) is 0. The second-order valence-corrected chi connectivity index (χ2v) is 9.30. The van der Waals surface area contributed by atoms with Crippen LogP contribution in [0.25, 0.3) is 0 Å². The highest BCUT2D eigenvalue weighted by Gasteiger charge is 2.13. The van der Waals surface area contributed by atoms with Gasteiger partial charge in [-0.05, 0) is 44.9 Å². The molecule has 0 unspecified atom stereocenters. The van der Waals surface area contributed by atoms with Gasteiger partial charge in [0, 0.05) is 19.7 Å². The number of ether oxygens (including phenoxy) is 1. The number of nitrogens with one attached hydrogen (secondary N) is 1. The van der Waals surface area contributed by atoms with Gasteiger partial charge in [-0.15, -0.1) is 0 Å². The predicted octanol–water partition coefficient (Wildman–Crippen LogP) is 8.01. The minimum atomic E-state index is -0.310. The summed E-state index contributed by atoms with van der Waals surface area (Å²) in [4.78, 5) is 24.5. The Balaban J connectivity index is 4.09. The lowest BCUT2D eigenvalue weighted by Gasteiger charge is -2.19. The Morgan fingerprint density at radius 1 is 0.676 bits per heavy atom. The molecule has 198 valence electrons. The Morgan fingerprint density at radius 2 is 1.15 bits per heavy atom. The van der Waals surface area contributed by atoms with E-state index in [1.54, 1.807) is 6.20 Å². The molecule has 0 rings (SSSR count). The van der Waals surface area contributed by atoms with Crippen molar-refractivity contribution >= 4 is 11.8 Å². The molecular weight excluding hydrogens is 424 g/mol. The molecule has 0 aromatic heterocycles. The molecule has 0 heterocycles. The smallest absolute Gasteiger partial charge is 0.264 e. The van der Waals surface area contributed by atoms with Gasteiger partial charge in [-0.2, -0.15) is 0 Å². The Morgan fingerprint density at radius 3 is 1.71 bits per heavy atom. The quantitative estimate of drug-likeness (QED) is 0.0919. The molecule has 0 aromatic rings. The van der Waals surface area contributed by atoms with E-state index in [-0.39, 0.29) is 18.4 Å². The van der Waals surface area contributed by atoms with Crippen molar-refractivity contribution in [2.24, 2.45) is 0 Å². The lowest BCUT2D eigenvalue weighted by Crippen LogP contribution is -2.44. The Bertz CT molecular complexity index is 531. The van der Waals surface area contributed by atoms with Crippen LogP contribution in [-0.2, 0) is 14.3 Å². The van der Waals surface area contributed by atoms with Crippen molar-refractivity contribution < 1.29 is 14.3 Å². The van der Waals surface area contributed by atoms with Gasteiger partial charge < -0.3 is 4.74 Å². The first-order valence-electron chi connectivity index (χ1n) is 14.1. The number of carbonyl (C=O) groups is 2. The number of amides is 2. The number of nitrogens with zero attached hydrogens (tertiary/aromatic N) is 1. The molecule has 0 aromatic carbocycles. The van der Waals surface area contributed by atoms with Crippen LogP contribution in [0.3, 0.4) is 0 Å². The van der Waals surface area contributed by atoms with Gasteiger partial charge in [0.1, 0.15) is 6.61 Å². The van der Waals surface area contributed by atoms with Crippen LogP contribution >= 0.6 is 0 Å². The van der Waals surface area contributed by atoms with Crippen LogP contribution in [0.1, 0.15) is 136 Å². The van der Waals surface area contributed by atoms with E-state index in [1.165, 1.54) is 89.2 Å². The van der Waals surface area contributed by atoms with E-state index in [1.807, 2.05) is 6.08 Å². The van der Waals surface area contributed by atoms with Crippen molar-refractivity contribution in [2.45, 2.75) is 136 Å². The first kappa shape index (κ1) is 32.4. The normalized spacial score (nSPS) is 11.5. The molecule has 5 nitrogen and oxygen atoms in total. The number of hydrogen-bond donors (Lipinski definition) is 1. The second kappa shape index (κ2) is 26.0. The van der Waals surface area contributed by atoms with E-state index >= 15 is 0 Å². The zero-order valence-electron chi connectivity index (χ0n) is 22.6. The first-order valence-corrected chi connectivity index (χ1v) is 14.1. The minimum absolute atomic E-state index is 0.0554. The number of unbranched alkanes of at least 4 members (excludes halogenated alkanes) is 15. The maximum Gasteiger partial charge on any atom is 0.264 e. The fourth-order valence-electron chi connectivity index (χ4n) is 3.82. The zero-order chi connectivity index (χ0) is 25.1. The Kier molecular flexibility index (Phi) is 24.8. The van der Waals surface area contributed by atoms with Crippen LogP contribution in [0, 0.1) is 0 Å². The summed E-state index contributed by atoms with van der Waals surface area (Å²) >= 11 is 0. The number of rotatable bonds is 23. The Hall–Kier alpha value is -1.62. The van der Waals surface area contributed by atoms with Crippen LogP contribution in [0.15, 0.2) is 24.4 Å². The van der Waals surface area contributed by atoms with E-state index in [4.69, 9.17) is 4.74 Å². The van der Waals surface area contributed by atoms with Gasteiger partial charge in [-0.3, -0.25) is 15.0 Å². The zero-order valence-corrected chi connectivity index (χ0v) is 22.6. The molecule has 0 aliphatic carbocycles. The number of hydrogen-bond acceptors (Lipinski definition) is 3. The van der Waals surface area contributed by atoms with Gasteiger partial charge in [0.05, 0.1) is 0 Å². The lowest BCUT2D eigenvalue weighted by atomic mass is 10.1. The average Bonchev–Trinajstić information content (AvgIpc) is 2.83. The van der Waals surface area contributed by atoms with Gasteiger partial charge >= 0.3 is 0 Å². The highest BCUT2D eigenvalue weighted by molar-refractivity contribution is 5.83. The summed E-state index contributed by atoms with van der Waals surface area (Å²) in [7, 11) is 1.47. The summed E-state index contributed by atoms with van der Waals surface area (Å²) in [6.07, 6.45) is 30.4. The van der Waals surface area contributed by atoms with E-state index < -0.39 is 0 Å². The van der Waals surface area contributed by atoms with Crippen molar-refractivity contribution in [3.8, 4) is 0 Å². The molecule has 0 aliphatic rings. The second-order valence-electron chi connectivity index (χ2n) is 9.30. The fourth-order valence-corrected chi connectivity index (χ4v) is 3.82. The third-order valence-corrected chi connectivity index (χ3v) is 5.92. The third kappa shape index (κ3) is 22.2. The van der Waals surface area contributed by atoms with Crippen LogP contribution in [0.4, 0.5) is 0 Å². The van der Waals surface area contributed by atoms with E-state index in [9.17, 15) is 9.59 Å². The lowest BCUT2D eigenvalue weighted by molar-refractivity contribution is -0.139. The van der Waals surface area contributed by atoms with Crippen molar-refractivity contribution in [1.29, 1.82) is 0 Å². The van der Waals surface area contributed by atoms with E-state index in [0.717, 1.165) is 38.5 Å². The van der Waals surface area contributed by atoms with Gasteiger partial charge in [0.2, 0.25) is 5.91 Å². The fraction of sp³-hybridized carbons (Fsp3) is 0.793. The van der Waals surface area contributed by atoms with E-state index in [2.05, 4.69) is 31.4 Å². The predicted molar refractivity (Wildman–Crippen MR) is 144 cm³/mol. The van der Waals surface area contributed by atoms with Gasteiger partial charge in [0.15, 0.2) is 0 Å². The molecular formula is C29H54N2O3. The molecule has 34 heavy (non-hydrogen) atoms. The molecule has 0 radical (unpaired) electrons. The minimum Gasteiger partial charge on any atom is -0.375 e. The number of carbonyl (C=O) groups excluding carboxylic acids is 2. The largest absolute Gasteiger partial charge is 0.375 e. The molecule has 0 bridgehead atoms. The highest BCUT2D eigenvalue weighted by atomic mass is 16.5. The highest BCUT2D eigenvalue weighted by Crippen LogP contribution is 2.10. The molecule has 1 N–H and O–H groups in total. The first-order chi connectivity index (χ1) is 16.7. The van der Waals surface area contributed by atoms with Crippen LogP contribution in [0.2, 0.25) is 0 Å². The molecule has 0 saturated carbocycles. The topological polar surface area (TPSA) is 58.6 Å². The summed E-state index contributed by atoms with van der Waals surface area (Å²) in [5.74, 6) is -0.373. The molecule has 0 spiro atoms. The van der Waals surface area contributed by atoms with Gasteiger partial charge in [0.25, 0.3) is 5.91 Å². The number of allylic oxidation sites excluding steroid dienone is 3. The monoisotopic (exact) mass is 478 g/mol. The molecule has 0 saturated heterocycles. The third-order valence-electron chi connectivity index (χ3n) is 5.92. The van der Waals surface area contributed by atoms with Crippen LogP contribution in [-0.4, -0.2) is 30.5 Å². The van der Waals surface area contributed by atoms with Gasteiger partial charge in [-0.1, -0.05) is 103 Å². The van der Waals surface area contributed by atoms with Crippen molar-refractivity contribution in [3.05, 3.63) is 24.4 Å². The van der Waals surface area contributed by atoms with E-state index in [0.29, 0.717) is 6.42 Å². The molecule has 0 aliphatic heterocycles. The van der Waals surface area contributed by atoms with Crippen LogP contribution < -0.4 is 5.43 Å². The Labute approximate surface area is 210 Å². The molecule has 5 heteroatoms. The van der Waals surface area contributed by atoms with Crippen molar-refractivity contribution in [2.75, 3.05) is 13.7 Å². The number of hydrazine groups is 1. The maximum atomic E-state index is 12.6. The SMILES string of the molecule is CCCCCCCCC=CCCCCC=CN(NC(=O)COC)C(=O)CCCCCCCCC. The van der Waals surface area contributed by atoms with Crippen molar-refractivity contribution in [1.82, 2.24) is 10.4 Å². The van der Waals surface area contributed by atoms with Gasteiger partial charge in [-0.25, -0.2) is 5.01 Å². The average molecular weight is 479 g/mol. The van der Waals surface area contributed by atoms with Crippen LogP contribution in [0.5, 0.6) is 0 Å². The maximum absolute atomic E-state index is 12.6. The summed E-state index contributed by atoms with van der Waals surface area (Å²) in [6.45, 7) is 4.42. The van der Waals surface area contributed by atoms with Crippen molar-refractivity contribution in [3.63, 3.8) is 0 Å². The summed E-state index contributed by atoms with van der Waals surface area (Å²) < 4.78 is 4.88. The standard InChI is InChI=1S/C29H54N2O3/c1-4-6-8-10-12-13-14-15-16-17-18-20-22-24-26-31(30-28(32)27-34-3)29(33)25-23-21-19-11-9-7-5-2/h15-16,24,26H,4-14,17-23,25,27H2,1-3H3,(H,30,32). The summed E-state index contributed by atoms with van der Waals surface area (Å²) in [5, 5.41) is 1.35.